The van der Waals surface area contributed by atoms with E-state index in [1.807, 2.05) is 0 Å². The summed E-state index contributed by atoms with van der Waals surface area (Å²) in [5, 5.41) is 8.85. The van der Waals surface area contributed by atoms with Crippen LogP contribution >= 0.6 is 0 Å². The van der Waals surface area contributed by atoms with E-state index in [0.29, 0.717) is 30.8 Å². The third-order valence-electron chi connectivity index (χ3n) is 2.99. The van der Waals surface area contributed by atoms with Crippen LogP contribution < -0.4 is 4.74 Å². The molecule has 0 saturated carbocycles. The first kappa shape index (κ1) is 12.4. The van der Waals surface area contributed by atoms with Crippen molar-refractivity contribution in [2.45, 2.75) is 6.42 Å². The number of hydrogen-bond acceptors (Lipinski definition) is 2. The first-order valence-corrected chi connectivity index (χ1v) is 5.62. The van der Waals surface area contributed by atoms with Gasteiger partial charge in [0.15, 0.2) is 0 Å². The van der Waals surface area contributed by atoms with Gasteiger partial charge in [0.05, 0.1) is 7.11 Å². The molecule has 0 radical (unpaired) electrons. The second-order valence-corrected chi connectivity index (χ2v) is 4.05. The molecule has 96 valence electrons. The Kier molecular flexibility index (Phi) is 3.50. The van der Waals surface area contributed by atoms with Crippen molar-refractivity contribution in [3.05, 3.63) is 35.7 Å². The van der Waals surface area contributed by atoms with Gasteiger partial charge in [-0.05, 0) is 30.2 Å². The smallest absolute Gasteiger partial charge is 0.407 e. The van der Waals surface area contributed by atoms with Crippen LogP contribution in [0.3, 0.4) is 0 Å². The van der Waals surface area contributed by atoms with Gasteiger partial charge in [0.1, 0.15) is 11.6 Å². The van der Waals surface area contributed by atoms with E-state index in [2.05, 4.69) is 0 Å². The molecule has 0 unspecified atom stereocenters. The standard InChI is InChI=1S/C13H14FNO3/c1-18-12-3-2-10(14)8-11(12)9-4-6-15(7-5-9)13(16)17/h2-4,8H,5-7H2,1H3,(H,16,17). The van der Waals surface area contributed by atoms with Crippen molar-refractivity contribution in [1.29, 1.82) is 0 Å². The van der Waals surface area contributed by atoms with E-state index in [9.17, 15) is 9.18 Å². The Morgan fingerprint density at radius 1 is 1.50 bits per heavy atom. The predicted octanol–water partition coefficient (Wildman–Crippen LogP) is 2.60. The second-order valence-electron chi connectivity index (χ2n) is 4.05. The number of halogens is 1. The van der Waals surface area contributed by atoms with E-state index in [1.54, 1.807) is 12.1 Å². The van der Waals surface area contributed by atoms with Gasteiger partial charge in [-0.15, -0.1) is 0 Å². The van der Waals surface area contributed by atoms with Crippen molar-refractivity contribution < 1.29 is 19.0 Å². The average molecular weight is 251 g/mol. The van der Waals surface area contributed by atoms with Gasteiger partial charge in [-0.2, -0.15) is 0 Å². The van der Waals surface area contributed by atoms with E-state index < -0.39 is 6.09 Å². The zero-order valence-corrected chi connectivity index (χ0v) is 10.0. The summed E-state index contributed by atoms with van der Waals surface area (Å²) in [6.45, 7) is 0.741. The molecule has 0 bridgehead atoms. The molecule has 1 aromatic carbocycles. The topological polar surface area (TPSA) is 49.8 Å². The molecule has 1 heterocycles. The molecule has 1 aromatic rings. The maximum Gasteiger partial charge on any atom is 0.407 e. The van der Waals surface area contributed by atoms with Crippen molar-refractivity contribution in [3.8, 4) is 5.75 Å². The Morgan fingerprint density at radius 2 is 2.28 bits per heavy atom. The number of carbonyl (C=O) groups is 1. The normalized spacial score (nSPS) is 15.2. The number of carboxylic acid groups (broad SMARTS) is 1. The molecule has 0 atom stereocenters. The lowest BCUT2D eigenvalue weighted by Gasteiger charge is -2.24. The number of benzene rings is 1. The molecule has 0 saturated heterocycles. The summed E-state index contributed by atoms with van der Waals surface area (Å²) >= 11 is 0. The summed E-state index contributed by atoms with van der Waals surface area (Å²) in [5.74, 6) is 0.277. The highest BCUT2D eigenvalue weighted by Crippen LogP contribution is 2.30. The first-order valence-electron chi connectivity index (χ1n) is 5.62. The molecule has 0 aromatic heterocycles. The quantitative estimate of drug-likeness (QED) is 0.879. The molecule has 0 spiro atoms. The molecule has 0 aliphatic carbocycles. The van der Waals surface area contributed by atoms with Gasteiger partial charge >= 0.3 is 6.09 Å². The third-order valence-corrected chi connectivity index (χ3v) is 2.99. The molecular formula is C13H14FNO3. The Bertz CT molecular complexity index is 499. The largest absolute Gasteiger partial charge is 0.496 e. The molecule has 1 amide bonds. The molecule has 0 fully saturated rings. The molecule has 4 nitrogen and oxygen atoms in total. The first-order chi connectivity index (χ1) is 8.61. The van der Waals surface area contributed by atoms with Crippen LogP contribution in [0.5, 0.6) is 5.75 Å². The van der Waals surface area contributed by atoms with Crippen molar-refractivity contribution in [2.75, 3.05) is 20.2 Å². The summed E-state index contributed by atoms with van der Waals surface area (Å²) < 4.78 is 18.4. The van der Waals surface area contributed by atoms with Gasteiger partial charge in [-0.25, -0.2) is 9.18 Å². The number of hydrogen-bond donors (Lipinski definition) is 1. The molecule has 18 heavy (non-hydrogen) atoms. The molecule has 5 heteroatoms. The van der Waals surface area contributed by atoms with Crippen LogP contribution in [0.2, 0.25) is 0 Å². The summed E-state index contributed by atoms with van der Waals surface area (Å²) in [7, 11) is 1.53. The number of methoxy groups -OCH3 is 1. The van der Waals surface area contributed by atoms with Gasteiger partial charge < -0.3 is 14.7 Å². The van der Waals surface area contributed by atoms with Crippen LogP contribution in [0.4, 0.5) is 9.18 Å². The monoisotopic (exact) mass is 251 g/mol. The van der Waals surface area contributed by atoms with E-state index in [-0.39, 0.29) is 5.82 Å². The van der Waals surface area contributed by atoms with Crippen LogP contribution in [-0.4, -0.2) is 36.3 Å². The highest BCUT2D eigenvalue weighted by molar-refractivity contribution is 5.74. The fourth-order valence-electron chi connectivity index (χ4n) is 2.02. The molecule has 1 N–H and O–H groups in total. The van der Waals surface area contributed by atoms with Gasteiger partial charge in [0.25, 0.3) is 0 Å². The van der Waals surface area contributed by atoms with E-state index in [0.717, 1.165) is 5.57 Å². The lowest BCUT2D eigenvalue weighted by atomic mass is 9.98. The van der Waals surface area contributed by atoms with Crippen molar-refractivity contribution in [3.63, 3.8) is 0 Å². The van der Waals surface area contributed by atoms with Crippen LogP contribution in [-0.2, 0) is 0 Å². The zero-order valence-electron chi connectivity index (χ0n) is 10.0. The van der Waals surface area contributed by atoms with Crippen molar-refractivity contribution in [1.82, 2.24) is 4.90 Å². The number of rotatable bonds is 2. The van der Waals surface area contributed by atoms with Gasteiger partial charge in [0, 0.05) is 18.7 Å². The maximum atomic E-state index is 13.3. The van der Waals surface area contributed by atoms with Gasteiger partial charge in [0.2, 0.25) is 0 Å². The summed E-state index contributed by atoms with van der Waals surface area (Å²) in [5.41, 5.74) is 1.62. The average Bonchev–Trinajstić information content (AvgIpc) is 2.39. The van der Waals surface area contributed by atoms with Gasteiger partial charge in [-0.3, -0.25) is 0 Å². The minimum Gasteiger partial charge on any atom is -0.496 e. The predicted molar refractivity (Wildman–Crippen MR) is 65.1 cm³/mol. The third kappa shape index (κ3) is 2.45. The lowest BCUT2D eigenvalue weighted by Crippen LogP contribution is -2.33. The summed E-state index contributed by atoms with van der Waals surface area (Å²) in [6.07, 6.45) is 1.43. The fourth-order valence-corrected chi connectivity index (χ4v) is 2.02. The Labute approximate surface area is 104 Å². The molecular weight excluding hydrogens is 237 g/mol. The Morgan fingerprint density at radius 3 is 2.83 bits per heavy atom. The molecule has 1 aliphatic heterocycles. The van der Waals surface area contributed by atoms with Crippen LogP contribution in [0, 0.1) is 5.82 Å². The van der Waals surface area contributed by atoms with Crippen LogP contribution in [0.25, 0.3) is 5.57 Å². The number of nitrogens with zero attached hydrogens (tertiary/aromatic N) is 1. The lowest BCUT2D eigenvalue weighted by molar-refractivity contribution is 0.150. The van der Waals surface area contributed by atoms with Crippen molar-refractivity contribution in [2.24, 2.45) is 0 Å². The highest BCUT2D eigenvalue weighted by Gasteiger charge is 2.18. The minimum absolute atomic E-state index is 0.324. The molecule has 2 rings (SSSR count). The van der Waals surface area contributed by atoms with Crippen LogP contribution in [0.1, 0.15) is 12.0 Å². The minimum atomic E-state index is -0.934. The number of ether oxygens (including phenoxy) is 1. The van der Waals surface area contributed by atoms with E-state index in [1.165, 1.54) is 24.1 Å². The van der Waals surface area contributed by atoms with E-state index in [4.69, 9.17) is 9.84 Å². The van der Waals surface area contributed by atoms with Gasteiger partial charge in [-0.1, -0.05) is 6.08 Å². The second kappa shape index (κ2) is 5.08. The molecule has 1 aliphatic rings. The van der Waals surface area contributed by atoms with Crippen LogP contribution in [0.15, 0.2) is 24.3 Å². The Balaban J connectivity index is 2.27. The van der Waals surface area contributed by atoms with E-state index >= 15 is 0 Å². The fraction of sp³-hybridized carbons (Fsp3) is 0.308. The highest BCUT2D eigenvalue weighted by atomic mass is 19.1. The zero-order chi connectivity index (χ0) is 13.1. The summed E-state index contributed by atoms with van der Waals surface area (Å²) in [4.78, 5) is 12.1. The number of amides is 1. The maximum absolute atomic E-state index is 13.3. The SMILES string of the molecule is COc1ccc(F)cc1C1=CCN(C(=O)O)CC1. The van der Waals surface area contributed by atoms with Crippen molar-refractivity contribution >= 4 is 11.7 Å². The summed E-state index contributed by atoms with van der Waals surface area (Å²) in [6, 6.07) is 4.34. The Hall–Kier alpha value is -2.04.